The van der Waals surface area contributed by atoms with Crippen LogP contribution in [0, 0.1) is 16.7 Å². The number of nitriles is 1. The zero-order chi connectivity index (χ0) is 12.4. The molecule has 2 aliphatic rings. The molecular formula is C15H19N3. The third kappa shape index (κ3) is 2.15. The highest BCUT2D eigenvalue weighted by Crippen LogP contribution is 2.50. The summed E-state index contributed by atoms with van der Waals surface area (Å²) in [6.07, 6.45) is 4.30. The molecule has 1 aliphatic carbocycles. The number of hydrogen-bond acceptors (Lipinski definition) is 3. The molecule has 0 amide bonds. The van der Waals surface area contributed by atoms with Gasteiger partial charge in [0.15, 0.2) is 0 Å². The number of nitrogens with zero attached hydrogens (tertiary/aromatic N) is 2. The van der Waals surface area contributed by atoms with Crippen LogP contribution in [0.3, 0.4) is 0 Å². The predicted molar refractivity (Wildman–Crippen MR) is 73.7 cm³/mol. The molecule has 0 aromatic heterocycles. The third-order valence-corrected chi connectivity index (χ3v) is 4.10. The zero-order valence-corrected chi connectivity index (χ0v) is 10.7. The highest BCUT2D eigenvalue weighted by molar-refractivity contribution is 5.70. The van der Waals surface area contributed by atoms with E-state index >= 15 is 0 Å². The van der Waals surface area contributed by atoms with Crippen LogP contribution in [0.4, 0.5) is 11.4 Å². The minimum absolute atomic E-state index is 0.284. The maximum Gasteiger partial charge on any atom is 0.0628 e. The molecule has 94 valence electrons. The van der Waals surface area contributed by atoms with Crippen molar-refractivity contribution in [2.45, 2.75) is 25.7 Å². The summed E-state index contributed by atoms with van der Waals surface area (Å²) in [4.78, 5) is 2.47. The van der Waals surface area contributed by atoms with E-state index in [1.54, 1.807) is 0 Å². The molecule has 0 radical (unpaired) electrons. The quantitative estimate of drug-likeness (QED) is 0.884. The molecule has 1 saturated carbocycles. The van der Waals surface area contributed by atoms with Gasteiger partial charge in [0.25, 0.3) is 0 Å². The molecule has 0 unspecified atom stereocenters. The van der Waals surface area contributed by atoms with Crippen LogP contribution in [0.1, 0.15) is 25.7 Å². The molecule has 0 saturated heterocycles. The molecule has 1 heterocycles. The summed E-state index contributed by atoms with van der Waals surface area (Å²) < 4.78 is 0. The van der Waals surface area contributed by atoms with Crippen molar-refractivity contribution in [2.75, 3.05) is 29.9 Å². The summed E-state index contributed by atoms with van der Waals surface area (Å²) >= 11 is 0. The van der Waals surface area contributed by atoms with Gasteiger partial charge in [-0.05, 0) is 31.4 Å². The van der Waals surface area contributed by atoms with Gasteiger partial charge in [-0.25, -0.2) is 0 Å². The molecular weight excluding hydrogens is 222 g/mol. The molecule has 1 aromatic carbocycles. The average molecular weight is 241 g/mol. The Hall–Kier alpha value is -1.69. The molecule has 1 fully saturated rings. The van der Waals surface area contributed by atoms with Crippen molar-refractivity contribution in [1.82, 2.24) is 0 Å². The van der Waals surface area contributed by atoms with Crippen LogP contribution in [0.2, 0.25) is 0 Å². The van der Waals surface area contributed by atoms with Gasteiger partial charge < -0.3 is 10.2 Å². The summed E-state index contributed by atoms with van der Waals surface area (Å²) in [7, 11) is 0. The van der Waals surface area contributed by atoms with E-state index in [9.17, 15) is 0 Å². The average Bonchev–Trinajstić information content (AvgIpc) is 3.16. The van der Waals surface area contributed by atoms with E-state index in [1.165, 1.54) is 24.2 Å². The molecule has 18 heavy (non-hydrogen) atoms. The Kier molecular flexibility index (Phi) is 2.87. The molecule has 1 aliphatic heterocycles. The fourth-order valence-corrected chi connectivity index (χ4v) is 2.82. The van der Waals surface area contributed by atoms with Gasteiger partial charge in [-0.15, -0.1) is 0 Å². The number of benzene rings is 1. The Labute approximate surface area is 108 Å². The second kappa shape index (κ2) is 4.53. The van der Waals surface area contributed by atoms with Crippen molar-refractivity contribution in [2.24, 2.45) is 5.41 Å². The second-order valence-corrected chi connectivity index (χ2v) is 5.55. The normalized spacial score (nSPS) is 20.3. The van der Waals surface area contributed by atoms with Gasteiger partial charge >= 0.3 is 0 Å². The van der Waals surface area contributed by atoms with Gasteiger partial charge in [-0.3, -0.25) is 0 Å². The van der Waals surface area contributed by atoms with E-state index in [2.05, 4.69) is 40.6 Å². The van der Waals surface area contributed by atoms with Crippen molar-refractivity contribution in [3.05, 3.63) is 24.3 Å². The largest absolute Gasteiger partial charge is 0.383 e. The third-order valence-electron chi connectivity index (χ3n) is 4.10. The first kappa shape index (κ1) is 11.4. The zero-order valence-electron chi connectivity index (χ0n) is 10.7. The fourth-order valence-electron chi connectivity index (χ4n) is 2.82. The topological polar surface area (TPSA) is 39.1 Å². The van der Waals surface area contributed by atoms with Crippen LogP contribution in [-0.4, -0.2) is 19.6 Å². The van der Waals surface area contributed by atoms with Crippen molar-refractivity contribution >= 4 is 11.4 Å². The number of nitrogens with one attached hydrogen (secondary N) is 1. The molecule has 0 spiro atoms. The highest BCUT2D eigenvalue weighted by atomic mass is 15.2. The number of fused-ring (bicyclic) bond motifs is 1. The maximum absolute atomic E-state index is 8.94. The van der Waals surface area contributed by atoms with Crippen LogP contribution in [0.25, 0.3) is 0 Å². The van der Waals surface area contributed by atoms with E-state index in [0.717, 1.165) is 26.1 Å². The standard InChI is InChI=1S/C15H19N3/c16-9-8-15(6-7-15)12-18-11-3-10-17-13-4-1-2-5-14(13)18/h1-2,4-5,17H,3,6-8,10-12H2. The maximum atomic E-state index is 8.94. The first-order valence-electron chi connectivity index (χ1n) is 6.78. The lowest BCUT2D eigenvalue weighted by Gasteiger charge is -2.28. The summed E-state index contributed by atoms with van der Waals surface area (Å²) in [5.74, 6) is 0. The van der Waals surface area contributed by atoms with E-state index in [1.807, 2.05) is 0 Å². The van der Waals surface area contributed by atoms with Gasteiger partial charge in [0.2, 0.25) is 0 Å². The van der Waals surface area contributed by atoms with Crippen molar-refractivity contribution in [1.29, 1.82) is 5.26 Å². The Bertz CT molecular complexity index is 471. The summed E-state index contributed by atoms with van der Waals surface area (Å²) in [5, 5.41) is 12.4. The summed E-state index contributed by atoms with van der Waals surface area (Å²) in [6.45, 7) is 3.18. The van der Waals surface area contributed by atoms with Gasteiger partial charge in [-0.1, -0.05) is 12.1 Å². The van der Waals surface area contributed by atoms with Gasteiger partial charge in [-0.2, -0.15) is 5.26 Å². The monoisotopic (exact) mass is 241 g/mol. The molecule has 3 rings (SSSR count). The minimum Gasteiger partial charge on any atom is -0.383 e. The van der Waals surface area contributed by atoms with Crippen molar-refractivity contribution in [3.8, 4) is 6.07 Å². The van der Waals surface area contributed by atoms with Crippen LogP contribution in [0.5, 0.6) is 0 Å². The summed E-state index contributed by atoms with van der Waals surface area (Å²) in [6, 6.07) is 10.9. The number of hydrogen-bond donors (Lipinski definition) is 1. The lowest BCUT2D eigenvalue weighted by molar-refractivity contribution is 0.508. The Morgan fingerprint density at radius 3 is 2.94 bits per heavy atom. The molecule has 0 bridgehead atoms. The smallest absolute Gasteiger partial charge is 0.0628 e. The van der Waals surface area contributed by atoms with Gasteiger partial charge in [0.1, 0.15) is 0 Å². The first-order valence-corrected chi connectivity index (χ1v) is 6.78. The van der Waals surface area contributed by atoms with E-state index in [-0.39, 0.29) is 5.41 Å². The highest BCUT2D eigenvalue weighted by Gasteiger charge is 2.44. The lowest BCUT2D eigenvalue weighted by atomic mass is 10.0. The molecule has 1 N–H and O–H groups in total. The Balaban J connectivity index is 1.82. The number of anilines is 2. The molecule has 3 nitrogen and oxygen atoms in total. The van der Waals surface area contributed by atoms with Crippen LogP contribution < -0.4 is 10.2 Å². The SMILES string of the molecule is N#CCC1(CN2CCCNc3ccccc32)CC1. The van der Waals surface area contributed by atoms with Gasteiger partial charge in [0, 0.05) is 31.5 Å². The molecule has 3 heteroatoms. The number of rotatable bonds is 3. The lowest BCUT2D eigenvalue weighted by Crippen LogP contribution is -2.31. The summed E-state index contributed by atoms with van der Waals surface area (Å²) in [5.41, 5.74) is 2.83. The van der Waals surface area contributed by atoms with Crippen molar-refractivity contribution < 1.29 is 0 Å². The first-order chi connectivity index (χ1) is 8.83. The second-order valence-electron chi connectivity index (χ2n) is 5.55. The van der Waals surface area contributed by atoms with E-state index in [0.29, 0.717) is 6.42 Å². The fraction of sp³-hybridized carbons (Fsp3) is 0.533. The Morgan fingerprint density at radius 1 is 1.33 bits per heavy atom. The van der Waals surface area contributed by atoms with Gasteiger partial charge in [0.05, 0.1) is 17.4 Å². The molecule has 1 aromatic rings. The van der Waals surface area contributed by atoms with E-state index in [4.69, 9.17) is 5.26 Å². The Morgan fingerprint density at radius 2 is 2.17 bits per heavy atom. The minimum atomic E-state index is 0.284. The van der Waals surface area contributed by atoms with E-state index < -0.39 is 0 Å². The molecule has 0 atom stereocenters. The predicted octanol–water partition coefficient (Wildman–Crippen LogP) is 3.00. The number of para-hydroxylation sites is 2. The van der Waals surface area contributed by atoms with Crippen molar-refractivity contribution in [3.63, 3.8) is 0 Å². The van der Waals surface area contributed by atoms with Crippen LogP contribution in [0.15, 0.2) is 24.3 Å². The van der Waals surface area contributed by atoms with Crippen LogP contribution in [-0.2, 0) is 0 Å². The van der Waals surface area contributed by atoms with Crippen LogP contribution >= 0.6 is 0 Å².